The SMILES string of the molecule is CC(C)(C)c1ccc(CCC(CC2CCCCC2)OC(=O)CCC(=O)[O-])cc1NC(=O)CC1c2ccccc2Oc2ccccc21.[Na+]. The molecular formula is C39H46NNaO6. The topological polar surface area (TPSA) is 105 Å². The predicted octanol–water partition coefficient (Wildman–Crippen LogP) is 4.60. The number of anilines is 1. The maximum Gasteiger partial charge on any atom is 1.00 e. The first-order valence-corrected chi connectivity index (χ1v) is 16.7. The first kappa shape index (κ1) is 36.7. The maximum absolute atomic E-state index is 13.8. The molecule has 0 saturated heterocycles. The second-order valence-electron chi connectivity index (χ2n) is 13.9. The van der Waals surface area contributed by atoms with E-state index in [4.69, 9.17) is 9.47 Å². The van der Waals surface area contributed by atoms with E-state index in [1.807, 2.05) is 48.5 Å². The van der Waals surface area contributed by atoms with E-state index in [0.29, 0.717) is 18.8 Å². The molecule has 1 aliphatic heterocycles. The van der Waals surface area contributed by atoms with Gasteiger partial charge in [0.05, 0.1) is 6.42 Å². The Labute approximate surface area is 301 Å². The number of carbonyl (C=O) groups is 3. The molecule has 0 aromatic heterocycles. The van der Waals surface area contributed by atoms with Gasteiger partial charge in [0.15, 0.2) is 0 Å². The standard InChI is InChI=1S/C39H47NO6.Na/c1-39(2,3)32-20-18-27(17-19-28(23-26-11-5-4-6-12-26)45-38(44)22-21-37(42)43)24-33(32)40-36(41)25-31-29-13-7-9-15-34(29)46-35-16-10-8-14-30(31)35;/h7-10,13-16,18,20,24,26,28,31H,4-6,11-12,17,19,21-23,25H2,1-3H3,(H,40,41)(H,42,43);/q;+1/p-1. The largest absolute Gasteiger partial charge is 1.00 e. The van der Waals surface area contributed by atoms with Crippen LogP contribution in [0, 0.1) is 5.92 Å². The molecule has 2 aliphatic rings. The van der Waals surface area contributed by atoms with E-state index in [1.54, 1.807) is 0 Å². The van der Waals surface area contributed by atoms with Gasteiger partial charge in [-0.15, -0.1) is 0 Å². The van der Waals surface area contributed by atoms with Gasteiger partial charge < -0.3 is 24.7 Å². The number of rotatable bonds is 12. The molecule has 1 atom stereocenters. The van der Waals surface area contributed by atoms with Gasteiger partial charge in [0.2, 0.25) is 5.91 Å². The zero-order valence-corrected chi connectivity index (χ0v) is 30.3. The molecule has 1 aliphatic carbocycles. The fourth-order valence-corrected chi connectivity index (χ4v) is 6.92. The molecule has 0 spiro atoms. The first-order valence-electron chi connectivity index (χ1n) is 16.7. The van der Waals surface area contributed by atoms with Crippen LogP contribution in [0.25, 0.3) is 0 Å². The van der Waals surface area contributed by atoms with Crippen LogP contribution in [0.2, 0.25) is 0 Å². The molecule has 3 aromatic carbocycles. The second kappa shape index (κ2) is 16.8. The Hall–Kier alpha value is -3.13. The number of fused-ring (bicyclic) bond motifs is 2. The predicted molar refractivity (Wildman–Crippen MR) is 177 cm³/mol. The Bertz CT molecular complexity index is 1490. The van der Waals surface area contributed by atoms with Crippen LogP contribution < -0.4 is 44.7 Å². The van der Waals surface area contributed by atoms with Crippen LogP contribution in [-0.2, 0) is 31.0 Å². The van der Waals surface area contributed by atoms with Crippen LogP contribution in [0.15, 0.2) is 66.7 Å². The number of aryl methyl sites for hydroxylation is 1. The van der Waals surface area contributed by atoms with Crippen molar-refractivity contribution in [1.29, 1.82) is 0 Å². The number of benzene rings is 3. The van der Waals surface area contributed by atoms with Gasteiger partial charge in [0, 0.05) is 35.1 Å². The zero-order chi connectivity index (χ0) is 32.7. The van der Waals surface area contributed by atoms with E-state index >= 15 is 0 Å². The fourth-order valence-electron chi connectivity index (χ4n) is 6.92. The second-order valence-corrected chi connectivity index (χ2v) is 13.9. The van der Waals surface area contributed by atoms with E-state index in [1.165, 1.54) is 19.3 Å². The van der Waals surface area contributed by atoms with Crippen molar-refractivity contribution in [2.75, 3.05) is 5.32 Å². The molecule has 1 saturated carbocycles. The summed E-state index contributed by atoms with van der Waals surface area (Å²) in [5, 5.41) is 14.1. The average Bonchev–Trinajstić information content (AvgIpc) is 3.02. The molecule has 1 fully saturated rings. The van der Waals surface area contributed by atoms with Crippen LogP contribution in [0.1, 0.15) is 113 Å². The van der Waals surface area contributed by atoms with Gasteiger partial charge in [-0.05, 0) is 66.3 Å². The van der Waals surface area contributed by atoms with Crippen molar-refractivity contribution in [2.24, 2.45) is 5.92 Å². The minimum atomic E-state index is -1.25. The van der Waals surface area contributed by atoms with Gasteiger partial charge in [-0.3, -0.25) is 9.59 Å². The van der Waals surface area contributed by atoms with Crippen molar-refractivity contribution < 1.29 is 58.5 Å². The smallest absolute Gasteiger partial charge is 0.550 e. The van der Waals surface area contributed by atoms with E-state index in [-0.39, 0.29) is 72.2 Å². The number of aliphatic carboxylic acids is 1. The quantitative estimate of drug-likeness (QED) is 0.228. The summed E-state index contributed by atoms with van der Waals surface area (Å²) in [5.41, 5.74) is 4.68. The fraction of sp³-hybridized carbons (Fsp3) is 0.462. The molecule has 3 aromatic rings. The Kier molecular flexibility index (Phi) is 13.1. The third-order valence-electron chi connectivity index (χ3n) is 9.27. The summed E-state index contributed by atoms with van der Waals surface area (Å²) < 4.78 is 12.0. The van der Waals surface area contributed by atoms with Crippen molar-refractivity contribution in [2.45, 2.75) is 109 Å². The van der Waals surface area contributed by atoms with Gasteiger partial charge >= 0.3 is 35.5 Å². The van der Waals surface area contributed by atoms with Crippen molar-refractivity contribution in [3.8, 4) is 11.5 Å². The van der Waals surface area contributed by atoms with Crippen molar-refractivity contribution in [3.63, 3.8) is 0 Å². The number of amides is 1. The molecule has 5 rings (SSSR count). The number of hydrogen-bond donors (Lipinski definition) is 1. The Morgan fingerprint density at radius 3 is 2.17 bits per heavy atom. The van der Waals surface area contributed by atoms with Gasteiger partial charge in [-0.1, -0.05) is 101 Å². The minimum absolute atomic E-state index is 0. The summed E-state index contributed by atoms with van der Waals surface area (Å²) in [6.07, 6.45) is 7.45. The van der Waals surface area contributed by atoms with Crippen LogP contribution in [0.3, 0.4) is 0 Å². The Morgan fingerprint density at radius 1 is 0.915 bits per heavy atom. The molecule has 244 valence electrons. The number of nitrogens with one attached hydrogen (secondary N) is 1. The summed E-state index contributed by atoms with van der Waals surface area (Å²) in [6.45, 7) is 6.40. The molecule has 1 heterocycles. The number of esters is 1. The number of hydrogen-bond acceptors (Lipinski definition) is 6. The number of carbonyl (C=O) groups excluding carboxylic acids is 3. The van der Waals surface area contributed by atoms with Crippen LogP contribution in [0.5, 0.6) is 11.5 Å². The number of para-hydroxylation sites is 2. The number of carboxylic acid groups (broad SMARTS) is 1. The molecular weight excluding hydrogens is 601 g/mol. The molecule has 1 unspecified atom stereocenters. The normalized spacial score (nSPS) is 15.3. The third-order valence-corrected chi connectivity index (χ3v) is 9.27. The van der Waals surface area contributed by atoms with Gasteiger partial charge in [0.25, 0.3) is 0 Å². The van der Waals surface area contributed by atoms with Crippen LogP contribution >= 0.6 is 0 Å². The summed E-state index contributed by atoms with van der Waals surface area (Å²) >= 11 is 0. The monoisotopic (exact) mass is 647 g/mol. The average molecular weight is 648 g/mol. The number of carboxylic acids is 1. The summed E-state index contributed by atoms with van der Waals surface area (Å²) in [4.78, 5) is 37.1. The van der Waals surface area contributed by atoms with Crippen molar-refractivity contribution >= 4 is 23.5 Å². The summed E-state index contributed by atoms with van der Waals surface area (Å²) in [6, 6.07) is 22.0. The number of ether oxygens (including phenoxy) is 2. The summed E-state index contributed by atoms with van der Waals surface area (Å²) in [5.74, 6) is 0.118. The minimum Gasteiger partial charge on any atom is -0.550 e. The van der Waals surface area contributed by atoms with E-state index in [2.05, 4.69) is 44.3 Å². The Morgan fingerprint density at radius 2 is 1.55 bits per heavy atom. The molecule has 7 nitrogen and oxygen atoms in total. The van der Waals surface area contributed by atoms with Gasteiger partial charge in [0.1, 0.15) is 17.6 Å². The van der Waals surface area contributed by atoms with Crippen molar-refractivity contribution in [3.05, 3.63) is 89.0 Å². The molecule has 1 amide bonds. The third kappa shape index (κ3) is 10.2. The molecule has 0 bridgehead atoms. The van der Waals surface area contributed by atoms with Crippen LogP contribution in [-0.4, -0.2) is 23.9 Å². The first-order chi connectivity index (χ1) is 22.1. The Balaban J connectivity index is 0.00000500. The van der Waals surface area contributed by atoms with E-state index < -0.39 is 11.9 Å². The maximum atomic E-state index is 13.8. The van der Waals surface area contributed by atoms with Crippen LogP contribution in [0.4, 0.5) is 5.69 Å². The molecule has 47 heavy (non-hydrogen) atoms. The van der Waals surface area contributed by atoms with E-state index in [9.17, 15) is 19.5 Å². The van der Waals surface area contributed by atoms with E-state index in [0.717, 1.165) is 58.7 Å². The van der Waals surface area contributed by atoms with Gasteiger partial charge in [-0.2, -0.15) is 0 Å². The zero-order valence-electron chi connectivity index (χ0n) is 28.3. The van der Waals surface area contributed by atoms with Crippen molar-refractivity contribution in [1.82, 2.24) is 0 Å². The van der Waals surface area contributed by atoms with Gasteiger partial charge in [-0.25, -0.2) is 0 Å². The molecule has 1 N–H and O–H groups in total. The summed E-state index contributed by atoms with van der Waals surface area (Å²) in [7, 11) is 0. The molecule has 0 radical (unpaired) electrons. The molecule has 8 heteroatoms.